The zero-order valence-electron chi connectivity index (χ0n) is 13.6. The molecule has 2 rings (SSSR count). The predicted molar refractivity (Wildman–Crippen MR) is 84.5 cm³/mol. The third kappa shape index (κ3) is 5.83. The normalized spacial score (nSPS) is 29.6. The lowest BCUT2D eigenvalue weighted by atomic mass is 10.0. The van der Waals surface area contributed by atoms with Gasteiger partial charge in [-0.3, -0.25) is 0 Å². The van der Waals surface area contributed by atoms with Crippen LogP contribution in [0.4, 0.5) is 4.79 Å². The summed E-state index contributed by atoms with van der Waals surface area (Å²) in [6.45, 7) is 1.66. The van der Waals surface area contributed by atoms with Gasteiger partial charge in [0.2, 0.25) is 0 Å². The fourth-order valence-corrected chi connectivity index (χ4v) is 3.36. The lowest BCUT2D eigenvalue weighted by molar-refractivity contribution is 0.0103. The van der Waals surface area contributed by atoms with Gasteiger partial charge in [0.05, 0.1) is 6.10 Å². The Bertz CT molecular complexity index is 317. The van der Waals surface area contributed by atoms with Gasteiger partial charge in [-0.05, 0) is 65.5 Å². The van der Waals surface area contributed by atoms with Gasteiger partial charge in [-0.2, -0.15) is 0 Å². The van der Waals surface area contributed by atoms with Gasteiger partial charge >= 0.3 is 6.03 Å². The van der Waals surface area contributed by atoms with Gasteiger partial charge < -0.3 is 20.3 Å². The second kappa shape index (κ2) is 8.59. The molecule has 0 spiro atoms. The minimum Gasteiger partial charge on any atom is -0.378 e. The molecule has 5 heteroatoms. The summed E-state index contributed by atoms with van der Waals surface area (Å²) in [5.41, 5.74) is 0. The summed E-state index contributed by atoms with van der Waals surface area (Å²) in [5, 5.41) is 6.07. The molecular formula is C16H31N3O2. The molecule has 5 nitrogen and oxygen atoms in total. The number of urea groups is 1. The predicted octanol–water partition coefficient (Wildman–Crippen LogP) is 2.12. The number of rotatable bonds is 6. The van der Waals surface area contributed by atoms with E-state index in [1.807, 2.05) is 0 Å². The van der Waals surface area contributed by atoms with Gasteiger partial charge in [0.15, 0.2) is 0 Å². The van der Waals surface area contributed by atoms with Gasteiger partial charge in [-0.1, -0.05) is 0 Å². The third-order valence-electron chi connectivity index (χ3n) is 4.73. The zero-order chi connectivity index (χ0) is 15.1. The van der Waals surface area contributed by atoms with E-state index in [1.165, 1.54) is 25.7 Å². The first-order valence-corrected chi connectivity index (χ1v) is 8.47. The maximum atomic E-state index is 11.9. The van der Waals surface area contributed by atoms with Gasteiger partial charge in [-0.15, -0.1) is 0 Å². The van der Waals surface area contributed by atoms with Crippen LogP contribution in [0, 0.1) is 0 Å². The molecule has 0 radical (unpaired) electrons. The van der Waals surface area contributed by atoms with Gasteiger partial charge in [0.25, 0.3) is 0 Å². The SMILES string of the molecule is CN(C)[C@@H]1CC[C@H](NC(=O)NCCC[C@H]2CCCCO2)C1. The van der Waals surface area contributed by atoms with Crippen molar-refractivity contribution in [3.05, 3.63) is 0 Å². The first-order valence-electron chi connectivity index (χ1n) is 8.47. The minimum atomic E-state index is -0.0102. The summed E-state index contributed by atoms with van der Waals surface area (Å²) in [4.78, 5) is 14.1. The molecular weight excluding hydrogens is 266 g/mol. The average molecular weight is 297 g/mol. The Morgan fingerprint density at radius 3 is 2.76 bits per heavy atom. The molecule has 122 valence electrons. The lowest BCUT2D eigenvalue weighted by Crippen LogP contribution is -2.42. The zero-order valence-corrected chi connectivity index (χ0v) is 13.6. The number of amides is 2. The van der Waals surface area contributed by atoms with Crippen LogP contribution in [0.15, 0.2) is 0 Å². The molecule has 0 unspecified atom stereocenters. The fourth-order valence-electron chi connectivity index (χ4n) is 3.36. The van der Waals surface area contributed by atoms with Crippen molar-refractivity contribution in [1.82, 2.24) is 15.5 Å². The second-order valence-corrected chi connectivity index (χ2v) is 6.66. The summed E-state index contributed by atoms with van der Waals surface area (Å²) in [7, 11) is 4.22. The molecule has 0 aromatic carbocycles. The van der Waals surface area contributed by atoms with E-state index in [1.54, 1.807) is 0 Å². The summed E-state index contributed by atoms with van der Waals surface area (Å²) in [6, 6.07) is 0.932. The van der Waals surface area contributed by atoms with E-state index in [2.05, 4.69) is 29.6 Å². The van der Waals surface area contributed by atoms with E-state index < -0.39 is 0 Å². The van der Waals surface area contributed by atoms with Crippen molar-refractivity contribution in [3.63, 3.8) is 0 Å². The van der Waals surface area contributed by atoms with Crippen molar-refractivity contribution in [2.24, 2.45) is 0 Å². The highest BCUT2D eigenvalue weighted by atomic mass is 16.5. The molecule has 1 saturated heterocycles. The molecule has 2 N–H and O–H groups in total. The maximum Gasteiger partial charge on any atom is 0.315 e. The molecule has 2 amide bonds. The topological polar surface area (TPSA) is 53.6 Å². The Kier molecular flexibility index (Phi) is 6.77. The quantitative estimate of drug-likeness (QED) is 0.738. The molecule has 1 saturated carbocycles. The van der Waals surface area contributed by atoms with Crippen molar-refractivity contribution in [2.75, 3.05) is 27.2 Å². The van der Waals surface area contributed by atoms with Crippen LogP contribution < -0.4 is 10.6 Å². The highest BCUT2D eigenvalue weighted by molar-refractivity contribution is 5.74. The summed E-state index contributed by atoms with van der Waals surface area (Å²) < 4.78 is 5.69. The van der Waals surface area contributed by atoms with Crippen LogP contribution >= 0.6 is 0 Å². The van der Waals surface area contributed by atoms with Crippen LogP contribution in [0.3, 0.4) is 0 Å². The van der Waals surface area contributed by atoms with Crippen molar-refractivity contribution < 1.29 is 9.53 Å². The summed E-state index contributed by atoms with van der Waals surface area (Å²) >= 11 is 0. The number of carbonyl (C=O) groups excluding carboxylic acids is 1. The monoisotopic (exact) mass is 297 g/mol. The highest BCUT2D eigenvalue weighted by Crippen LogP contribution is 2.22. The van der Waals surface area contributed by atoms with Crippen molar-refractivity contribution >= 4 is 6.03 Å². The second-order valence-electron chi connectivity index (χ2n) is 6.66. The molecule has 0 bridgehead atoms. The Labute approximate surface area is 128 Å². The molecule has 0 aromatic heterocycles. The Morgan fingerprint density at radius 1 is 1.24 bits per heavy atom. The van der Waals surface area contributed by atoms with Gasteiger partial charge in [0, 0.05) is 25.2 Å². The molecule has 21 heavy (non-hydrogen) atoms. The summed E-state index contributed by atoms with van der Waals surface area (Å²) in [6.07, 6.45) is 9.48. The van der Waals surface area contributed by atoms with Crippen LogP contribution in [0.1, 0.15) is 51.4 Å². The first-order chi connectivity index (χ1) is 10.1. The van der Waals surface area contributed by atoms with Crippen LogP contribution in [0.2, 0.25) is 0 Å². The molecule has 1 heterocycles. The molecule has 1 aliphatic carbocycles. The smallest absolute Gasteiger partial charge is 0.315 e. The molecule has 0 aromatic rings. The third-order valence-corrected chi connectivity index (χ3v) is 4.73. The average Bonchev–Trinajstić information content (AvgIpc) is 2.93. The number of hydrogen-bond acceptors (Lipinski definition) is 3. The highest BCUT2D eigenvalue weighted by Gasteiger charge is 2.26. The van der Waals surface area contributed by atoms with E-state index in [0.29, 0.717) is 18.2 Å². The minimum absolute atomic E-state index is 0.0102. The van der Waals surface area contributed by atoms with Crippen molar-refractivity contribution in [2.45, 2.75) is 69.6 Å². The van der Waals surface area contributed by atoms with E-state index in [-0.39, 0.29) is 6.03 Å². The lowest BCUT2D eigenvalue weighted by Gasteiger charge is -2.22. The largest absolute Gasteiger partial charge is 0.378 e. The van der Waals surface area contributed by atoms with Crippen molar-refractivity contribution in [1.29, 1.82) is 0 Å². The van der Waals surface area contributed by atoms with Crippen LogP contribution in [-0.2, 0) is 4.74 Å². The fraction of sp³-hybridized carbons (Fsp3) is 0.938. The maximum absolute atomic E-state index is 11.9. The van der Waals surface area contributed by atoms with E-state index in [9.17, 15) is 4.79 Å². The van der Waals surface area contributed by atoms with E-state index in [0.717, 1.165) is 38.8 Å². The van der Waals surface area contributed by atoms with Gasteiger partial charge in [-0.25, -0.2) is 4.79 Å². The molecule has 2 aliphatic rings. The van der Waals surface area contributed by atoms with Gasteiger partial charge in [0.1, 0.15) is 0 Å². The van der Waals surface area contributed by atoms with Crippen molar-refractivity contribution in [3.8, 4) is 0 Å². The van der Waals surface area contributed by atoms with E-state index in [4.69, 9.17) is 4.74 Å². The number of ether oxygens (including phenoxy) is 1. The Balaban J connectivity index is 1.51. The molecule has 2 fully saturated rings. The number of carbonyl (C=O) groups is 1. The number of nitrogens with zero attached hydrogens (tertiary/aromatic N) is 1. The molecule has 1 aliphatic heterocycles. The van der Waals surface area contributed by atoms with Crippen LogP contribution in [0.5, 0.6) is 0 Å². The Morgan fingerprint density at radius 2 is 2.10 bits per heavy atom. The molecule has 3 atom stereocenters. The van der Waals surface area contributed by atoms with E-state index >= 15 is 0 Å². The Hall–Kier alpha value is -0.810. The number of nitrogens with one attached hydrogen (secondary N) is 2. The van der Waals surface area contributed by atoms with Crippen LogP contribution in [-0.4, -0.2) is 56.4 Å². The first kappa shape index (κ1) is 16.6. The number of hydrogen-bond donors (Lipinski definition) is 2. The van der Waals surface area contributed by atoms with Crippen LogP contribution in [0.25, 0.3) is 0 Å². The summed E-state index contributed by atoms with van der Waals surface area (Å²) in [5.74, 6) is 0. The standard InChI is InChI=1S/C16H31N3O2/c1-19(2)14-9-8-13(12-14)18-16(20)17-10-5-7-15-6-3-4-11-21-15/h13-15H,3-12H2,1-2H3,(H2,17,18,20)/t13-,14+,15+/m0/s1.